The lowest BCUT2D eigenvalue weighted by Crippen LogP contribution is -2.56. The van der Waals surface area contributed by atoms with Crippen LogP contribution in [0.15, 0.2) is 54.9 Å². The summed E-state index contributed by atoms with van der Waals surface area (Å²) in [5, 5.41) is 9.88. The van der Waals surface area contributed by atoms with E-state index < -0.39 is 0 Å². The third-order valence-electron chi connectivity index (χ3n) is 5.11. The van der Waals surface area contributed by atoms with Crippen molar-refractivity contribution in [3.63, 3.8) is 0 Å². The van der Waals surface area contributed by atoms with Gasteiger partial charge in [0.2, 0.25) is 0 Å². The van der Waals surface area contributed by atoms with Crippen LogP contribution in [0.3, 0.4) is 0 Å². The smallest absolute Gasteiger partial charge is 0.255 e. The second-order valence-electron chi connectivity index (χ2n) is 7.12. The molecule has 2 aromatic heterocycles. The number of imidazole rings is 1. The number of aliphatic hydroxyl groups is 1. The van der Waals surface area contributed by atoms with Gasteiger partial charge in [-0.1, -0.05) is 30.3 Å². The molecule has 6 heteroatoms. The van der Waals surface area contributed by atoms with Crippen LogP contribution in [0.5, 0.6) is 0 Å². The number of carbonyl (C=O) groups excluding carboxylic acids is 1. The molecule has 1 aliphatic rings. The molecule has 4 rings (SSSR count). The van der Waals surface area contributed by atoms with Gasteiger partial charge in [0.25, 0.3) is 5.91 Å². The standard InChI is InChI=1S/C21H24N4O2/c1-16-11-24-13-18(7-8-20(24)22-16)21(27)25-10-9-23(14-19(25)15-26)12-17-5-3-2-4-6-17/h2-8,11,13,19,26H,9-10,12,14-15H2,1H3/t19-/m1/s1. The minimum Gasteiger partial charge on any atom is -0.394 e. The molecule has 0 saturated carbocycles. The van der Waals surface area contributed by atoms with E-state index >= 15 is 0 Å². The molecule has 140 valence electrons. The number of aromatic nitrogens is 2. The average molecular weight is 364 g/mol. The molecule has 1 fully saturated rings. The highest BCUT2D eigenvalue weighted by molar-refractivity contribution is 5.94. The first-order valence-electron chi connectivity index (χ1n) is 9.27. The number of benzene rings is 1. The van der Waals surface area contributed by atoms with Crippen molar-refractivity contribution in [3.05, 3.63) is 71.7 Å². The quantitative estimate of drug-likeness (QED) is 0.769. The van der Waals surface area contributed by atoms with Gasteiger partial charge in [-0.3, -0.25) is 9.69 Å². The Kier molecular flexibility index (Phi) is 4.92. The van der Waals surface area contributed by atoms with Crippen LogP contribution in [0.1, 0.15) is 21.6 Å². The molecule has 0 spiro atoms. The van der Waals surface area contributed by atoms with Gasteiger partial charge in [-0.05, 0) is 24.6 Å². The Morgan fingerprint density at radius 1 is 1.15 bits per heavy atom. The lowest BCUT2D eigenvalue weighted by atomic mass is 10.1. The summed E-state index contributed by atoms with van der Waals surface area (Å²) < 4.78 is 1.88. The molecule has 0 bridgehead atoms. The van der Waals surface area contributed by atoms with Crippen molar-refractivity contribution in [2.24, 2.45) is 0 Å². The molecule has 0 aliphatic carbocycles. The van der Waals surface area contributed by atoms with Crippen LogP contribution in [-0.4, -0.2) is 62.5 Å². The summed E-state index contributed by atoms with van der Waals surface area (Å²) in [6.07, 6.45) is 3.73. The number of hydrogen-bond acceptors (Lipinski definition) is 4. The van der Waals surface area contributed by atoms with Gasteiger partial charge in [0, 0.05) is 38.6 Å². The number of hydrogen-bond donors (Lipinski definition) is 1. The minimum absolute atomic E-state index is 0.0382. The number of amides is 1. The number of nitrogens with zero attached hydrogens (tertiary/aromatic N) is 4. The summed E-state index contributed by atoms with van der Waals surface area (Å²) in [6.45, 7) is 4.80. The van der Waals surface area contributed by atoms with Crippen LogP contribution >= 0.6 is 0 Å². The van der Waals surface area contributed by atoms with Gasteiger partial charge in [-0.2, -0.15) is 0 Å². The predicted octanol–water partition coefficient (Wildman–Crippen LogP) is 1.96. The highest BCUT2D eigenvalue weighted by atomic mass is 16.3. The maximum atomic E-state index is 13.0. The van der Waals surface area contributed by atoms with Crippen molar-refractivity contribution >= 4 is 11.6 Å². The van der Waals surface area contributed by atoms with Gasteiger partial charge >= 0.3 is 0 Å². The SMILES string of the molecule is Cc1cn2cc(C(=O)N3CCN(Cc4ccccc4)C[C@@H]3CO)ccc2n1. The fourth-order valence-electron chi connectivity index (χ4n) is 3.74. The second kappa shape index (κ2) is 7.50. The van der Waals surface area contributed by atoms with Crippen LogP contribution < -0.4 is 0 Å². The van der Waals surface area contributed by atoms with Crippen molar-refractivity contribution in [2.45, 2.75) is 19.5 Å². The predicted molar refractivity (Wildman–Crippen MR) is 104 cm³/mol. The Labute approximate surface area is 158 Å². The molecule has 1 aliphatic heterocycles. The maximum absolute atomic E-state index is 13.0. The van der Waals surface area contributed by atoms with Crippen LogP contribution in [-0.2, 0) is 6.54 Å². The Bertz CT molecular complexity index is 938. The summed E-state index contributed by atoms with van der Waals surface area (Å²) in [4.78, 5) is 21.5. The molecule has 1 N–H and O–H groups in total. The molecule has 3 heterocycles. The fraction of sp³-hybridized carbons (Fsp3) is 0.333. The third kappa shape index (κ3) is 3.72. The average Bonchev–Trinajstić information content (AvgIpc) is 3.07. The summed E-state index contributed by atoms with van der Waals surface area (Å²) in [7, 11) is 0. The second-order valence-corrected chi connectivity index (χ2v) is 7.12. The van der Waals surface area contributed by atoms with Crippen molar-refractivity contribution in [3.8, 4) is 0 Å². The van der Waals surface area contributed by atoms with Crippen LogP contribution in [0.25, 0.3) is 5.65 Å². The Hall–Kier alpha value is -2.70. The van der Waals surface area contributed by atoms with Gasteiger partial charge < -0.3 is 14.4 Å². The topological polar surface area (TPSA) is 61.1 Å². The molecular formula is C21H24N4O2. The van der Waals surface area contributed by atoms with Crippen molar-refractivity contribution in [1.29, 1.82) is 0 Å². The van der Waals surface area contributed by atoms with E-state index in [1.54, 1.807) is 4.90 Å². The van der Waals surface area contributed by atoms with Gasteiger partial charge in [0.05, 0.1) is 23.9 Å². The zero-order chi connectivity index (χ0) is 18.8. The number of piperazine rings is 1. The van der Waals surface area contributed by atoms with Crippen molar-refractivity contribution in [1.82, 2.24) is 19.2 Å². The van der Waals surface area contributed by atoms with Crippen LogP contribution in [0.2, 0.25) is 0 Å². The normalized spacial score (nSPS) is 18.1. The number of carbonyl (C=O) groups is 1. The number of aryl methyl sites for hydroxylation is 1. The minimum atomic E-state index is -0.199. The Morgan fingerprint density at radius 2 is 1.96 bits per heavy atom. The van der Waals surface area contributed by atoms with Gasteiger partial charge in [0.15, 0.2) is 0 Å². The molecule has 0 radical (unpaired) electrons. The molecule has 6 nitrogen and oxygen atoms in total. The van der Waals surface area contributed by atoms with Gasteiger partial charge in [-0.15, -0.1) is 0 Å². The first-order chi connectivity index (χ1) is 13.1. The molecule has 1 atom stereocenters. The first-order valence-corrected chi connectivity index (χ1v) is 9.27. The van der Waals surface area contributed by atoms with E-state index in [9.17, 15) is 9.90 Å². The fourth-order valence-corrected chi connectivity index (χ4v) is 3.74. The first kappa shape index (κ1) is 17.7. The van der Waals surface area contributed by atoms with E-state index in [1.165, 1.54) is 5.56 Å². The van der Waals surface area contributed by atoms with E-state index in [-0.39, 0.29) is 18.6 Å². The zero-order valence-corrected chi connectivity index (χ0v) is 15.5. The van der Waals surface area contributed by atoms with E-state index in [0.29, 0.717) is 18.7 Å². The molecule has 1 saturated heterocycles. The molecule has 0 unspecified atom stereocenters. The Morgan fingerprint density at radius 3 is 2.74 bits per heavy atom. The number of pyridine rings is 1. The lowest BCUT2D eigenvalue weighted by Gasteiger charge is -2.40. The van der Waals surface area contributed by atoms with E-state index in [2.05, 4.69) is 22.0 Å². The van der Waals surface area contributed by atoms with E-state index in [1.807, 2.05) is 54.0 Å². The number of fused-ring (bicyclic) bond motifs is 1. The number of rotatable bonds is 4. The molecule has 1 amide bonds. The number of aliphatic hydroxyl groups excluding tert-OH is 1. The molecular weight excluding hydrogens is 340 g/mol. The zero-order valence-electron chi connectivity index (χ0n) is 15.5. The monoisotopic (exact) mass is 364 g/mol. The largest absolute Gasteiger partial charge is 0.394 e. The third-order valence-corrected chi connectivity index (χ3v) is 5.11. The molecule has 27 heavy (non-hydrogen) atoms. The maximum Gasteiger partial charge on any atom is 0.255 e. The highest BCUT2D eigenvalue weighted by Gasteiger charge is 2.30. The van der Waals surface area contributed by atoms with Crippen LogP contribution in [0.4, 0.5) is 0 Å². The van der Waals surface area contributed by atoms with Crippen molar-refractivity contribution < 1.29 is 9.90 Å². The molecule has 1 aromatic carbocycles. The van der Waals surface area contributed by atoms with E-state index in [0.717, 1.165) is 24.4 Å². The summed E-state index contributed by atoms with van der Waals surface area (Å²) >= 11 is 0. The lowest BCUT2D eigenvalue weighted by molar-refractivity contribution is 0.0282. The van der Waals surface area contributed by atoms with E-state index in [4.69, 9.17) is 0 Å². The highest BCUT2D eigenvalue weighted by Crippen LogP contribution is 2.17. The Balaban J connectivity index is 1.48. The van der Waals surface area contributed by atoms with Gasteiger partial charge in [0.1, 0.15) is 5.65 Å². The summed E-state index contributed by atoms with van der Waals surface area (Å²) in [5.41, 5.74) is 3.61. The molecule has 3 aromatic rings. The summed E-state index contributed by atoms with van der Waals surface area (Å²) in [6, 6.07) is 13.8. The van der Waals surface area contributed by atoms with Crippen LogP contribution in [0, 0.1) is 6.92 Å². The van der Waals surface area contributed by atoms with Gasteiger partial charge in [-0.25, -0.2) is 4.98 Å². The summed E-state index contributed by atoms with van der Waals surface area (Å²) in [5.74, 6) is -0.0401. The van der Waals surface area contributed by atoms with Crippen molar-refractivity contribution in [2.75, 3.05) is 26.2 Å².